The second kappa shape index (κ2) is 5.36. The Morgan fingerprint density at radius 3 is 2.57 bits per heavy atom. The fourth-order valence-electron chi connectivity index (χ4n) is 3.28. The smallest absolute Gasteiger partial charge is 0.273 e. The van der Waals surface area contributed by atoms with Crippen molar-refractivity contribution in [2.45, 2.75) is 45.4 Å². The van der Waals surface area contributed by atoms with Gasteiger partial charge in [-0.3, -0.25) is 4.79 Å². The van der Waals surface area contributed by atoms with Gasteiger partial charge in [-0.15, -0.1) is 11.3 Å². The first-order valence-electron chi connectivity index (χ1n) is 7.86. The molecule has 0 unspecified atom stereocenters. The van der Waals surface area contributed by atoms with Crippen molar-refractivity contribution in [3.05, 3.63) is 16.1 Å². The zero-order valence-corrected chi connectivity index (χ0v) is 14.1. The Balaban J connectivity index is 1.65. The summed E-state index contributed by atoms with van der Waals surface area (Å²) in [6.07, 6.45) is 3.52. The van der Waals surface area contributed by atoms with E-state index in [0.29, 0.717) is 11.1 Å². The van der Waals surface area contributed by atoms with Crippen LogP contribution in [0.5, 0.6) is 0 Å². The lowest BCUT2D eigenvalue weighted by Crippen LogP contribution is -2.44. The SMILES string of the molecule is CC(C)(C)c1nc(C(=O)N2CCC3(CCNC3)CC2)cs1. The number of carbonyl (C=O) groups is 1. The van der Waals surface area contributed by atoms with Gasteiger partial charge in [-0.25, -0.2) is 4.98 Å². The van der Waals surface area contributed by atoms with Crippen molar-refractivity contribution in [1.82, 2.24) is 15.2 Å². The van der Waals surface area contributed by atoms with Gasteiger partial charge in [-0.1, -0.05) is 20.8 Å². The molecular weight excluding hydrogens is 282 g/mol. The minimum absolute atomic E-state index is 0.0185. The van der Waals surface area contributed by atoms with Gasteiger partial charge in [-0.05, 0) is 31.2 Å². The number of nitrogens with one attached hydrogen (secondary N) is 1. The normalized spacial score (nSPS) is 22.0. The molecule has 1 aromatic rings. The molecule has 2 aliphatic heterocycles. The molecule has 4 nitrogen and oxygen atoms in total. The van der Waals surface area contributed by atoms with E-state index in [9.17, 15) is 4.79 Å². The van der Waals surface area contributed by atoms with Crippen LogP contribution in [0.3, 0.4) is 0 Å². The Labute approximate surface area is 130 Å². The number of carbonyl (C=O) groups excluding carboxylic acids is 1. The number of thiazole rings is 1. The van der Waals surface area contributed by atoms with Gasteiger partial charge >= 0.3 is 0 Å². The van der Waals surface area contributed by atoms with Gasteiger partial charge < -0.3 is 10.2 Å². The third-order valence-corrected chi connectivity index (χ3v) is 6.08. The summed E-state index contributed by atoms with van der Waals surface area (Å²) in [7, 11) is 0. The highest BCUT2D eigenvalue weighted by molar-refractivity contribution is 7.10. The van der Waals surface area contributed by atoms with E-state index >= 15 is 0 Å². The Bertz CT molecular complexity index is 516. The van der Waals surface area contributed by atoms with Gasteiger partial charge in [0.15, 0.2) is 0 Å². The molecule has 2 saturated heterocycles. The van der Waals surface area contributed by atoms with Gasteiger partial charge in [0, 0.05) is 30.4 Å². The van der Waals surface area contributed by atoms with Crippen molar-refractivity contribution in [2.24, 2.45) is 5.41 Å². The lowest BCUT2D eigenvalue weighted by atomic mass is 9.78. The van der Waals surface area contributed by atoms with Gasteiger partial charge in [0.1, 0.15) is 5.69 Å². The van der Waals surface area contributed by atoms with Crippen LogP contribution in [-0.2, 0) is 5.41 Å². The van der Waals surface area contributed by atoms with Gasteiger partial charge in [0.25, 0.3) is 5.91 Å². The fraction of sp³-hybridized carbons (Fsp3) is 0.750. The maximum atomic E-state index is 12.6. The van der Waals surface area contributed by atoms with Crippen LogP contribution in [0.4, 0.5) is 0 Å². The molecule has 2 aliphatic rings. The number of piperidine rings is 1. The van der Waals surface area contributed by atoms with E-state index in [1.54, 1.807) is 11.3 Å². The Hall–Kier alpha value is -0.940. The summed E-state index contributed by atoms with van der Waals surface area (Å²) in [4.78, 5) is 19.1. The van der Waals surface area contributed by atoms with E-state index in [0.717, 1.165) is 44.0 Å². The van der Waals surface area contributed by atoms with Crippen LogP contribution in [0.2, 0.25) is 0 Å². The second-order valence-corrected chi connectivity index (χ2v) is 8.36. The van der Waals surface area contributed by atoms with E-state index in [1.165, 1.54) is 6.42 Å². The molecule has 116 valence electrons. The van der Waals surface area contributed by atoms with Crippen molar-refractivity contribution >= 4 is 17.2 Å². The predicted molar refractivity (Wildman–Crippen MR) is 85.9 cm³/mol. The summed E-state index contributed by atoms with van der Waals surface area (Å²) in [5, 5.41) is 6.43. The summed E-state index contributed by atoms with van der Waals surface area (Å²) in [5.74, 6) is 0.113. The first-order valence-corrected chi connectivity index (χ1v) is 8.74. The van der Waals surface area contributed by atoms with E-state index < -0.39 is 0 Å². The van der Waals surface area contributed by atoms with Gasteiger partial charge in [-0.2, -0.15) is 0 Å². The molecule has 0 radical (unpaired) electrons. The van der Waals surface area contributed by atoms with Gasteiger partial charge in [0.05, 0.1) is 5.01 Å². The third kappa shape index (κ3) is 2.99. The molecule has 5 heteroatoms. The minimum Gasteiger partial charge on any atom is -0.337 e. The molecule has 2 fully saturated rings. The number of aromatic nitrogens is 1. The van der Waals surface area contributed by atoms with E-state index in [-0.39, 0.29) is 11.3 Å². The van der Waals surface area contributed by atoms with Crippen LogP contribution >= 0.6 is 11.3 Å². The molecule has 0 atom stereocenters. The molecular formula is C16H25N3OS. The standard InChI is InChI=1S/C16H25N3OS/c1-15(2,3)14-18-12(10-21-14)13(20)19-8-5-16(6-9-19)4-7-17-11-16/h10,17H,4-9,11H2,1-3H3. The molecule has 3 heterocycles. The molecule has 21 heavy (non-hydrogen) atoms. The highest BCUT2D eigenvalue weighted by Crippen LogP contribution is 2.37. The number of rotatable bonds is 1. The average Bonchev–Trinajstić information content (AvgIpc) is 3.08. The topological polar surface area (TPSA) is 45.2 Å². The fourth-order valence-corrected chi connectivity index (χ4v) is 4.17. The lowest BCUT2D eigenvalue weighted by Gasteiger charge is -2.38. The largest absolute Gasteiger partial charge is 0.337 e. The maximum Gasteiger partial charge on any atom is 0.273 e. The van der Waals surface area contributed by atoms with E-state index in [4.69, 9.17) is 0 Å². The summed E-state index contributed by atoms with van der Waals surface area (Å²) in [6, 6.07) is 0. The summed E-state index contributed by atoms with van der Waals surface area (Å²) >= 11 is 1.60. The number of nitrogens with zero attached hydrogens (tertiary/aromatic N) is 2. The monoisotopic (exact) mass is 307 g/mol. The van der Waals surface area contributed by atoms with Crippen LogP contribution in [0.1, 0.15) is 55.5 Å². The van der Waals surface area contributed by atoms with Crippen molar-refractivity contribution in [2.75, 3.05) is 26.2 Å². The summed E-state index contributed by atoms with van der Waals surface area (Å²) < 4.78 is 0. The van der Waals surface area contributed by atoms with E-state index in [1.807, 2.05) is 10.3 Å². The van der Waals surface area contributed by atoms with Crippen LogP contribution in [0.15, 0.2) is 5.38 Å². The molecule has 3 rings (SSSR count). The zero-order valence-electron chi connectivity index (χ0n) is 13.2. The highest BCUT2D eigenvalue weighted by Gasteiger charge is 2.38. The number of amides is 1. The molecule has 0 aromatic carbocycles. The quantitative estimate of drug-likeness (QED) is 0.867. The molecule has 1 spiro atoms. The first-order chi connectivity index (χ1) is 9.90. The number of likely N-dealkylation sites (tertiary alicyclic amines) is 1. The molecule has 0 bridgehead atoms. The third-order valence-electron chi connectivity index (χ3n) is 4.81. The average molecular weight is 307 g/mol. The Morgan fingerprint density at radius 2 is 2.05 bits per heavy atom. The van der Waals surface area contributed by atoms with Crippen molar-refractivity contribution in [3.63, 3.8) is 0 Å². The van der Waals surface area contributed by atoms with Crippen molar-refractivity contribution in [1.29, 1.82) is 0 Å². The van der Waals surface area contributed by atoms with Crippen molar-refractivity contribution < 1.29 is 4.79 Å². The number of hydrogen-bond donors (Lipinski definition) is 1. The predicted octanol–water partition coefficient (Wildman–Crippen LogP) is 2.66. The van der Waals surface area contributed by atoms with Crippen LogP contribution in [0, 0.1) is 5.41 Å². The molecule has 0 saturated carbocycles. The Morgan fingerprint density at radius 1 is 1.33 bits per heavy atom. The molecule has 0 aliphatic carbocycles. The maximum absolute atomic E-state index is 12.6. The van der Waals surface area contributed by atoms with E-state index in [2.05, 4.69) is 31.1 Å². The highest BCUT2D eigenvalue weighted by atomic mass is 32.1. The summed E-state index contributed by atoms with van der Waals surface area (Å²) in [5.41, 5.74) is 1.10. The zero-order chi connectivity index (χ0) is 15.1. The Kier molecular flexibility index (Phi) is 3.82. The van der Waals surface area contributed by atoms with Crippen molar-refractivity contribution in [3.8, 4) is 0 Å². The van der Waals surface area contributed by atoms with Gasteiger partial charge in [0.2, 0.25) is 0 Å². The lowest BCUT2D eigenvalue weighted by molar-refractivity contribution is 0.0602. The summed E-state index contributed by atoms with van der Waals surface area (Å²) in [6.45, 7) is 10.4. The second-order valence-electron chi connectivity index (χ2n) is 7.51. The first kappa shape index (κ1) is 15.0. The molecule has 1 amide bonds. The molecule has 1 N–H and O–H groups in total. The minimum atomic E-state index is 0.0185. The van der Waals surface area contributed by atoms with Crippen LogP contribution < -0.4 is 5.32 Å². The number of hydrogen-bond acceptors (Lipinski definition) is 4. The van der Waals surface area contributed by atoms with Crippen LogP contribution in [0.25, 0.3) is 0 Å². The van der Waals surface area contributed by atoms with Crippen LogP contribution in [-0.4, -0.2) is 42.0 Å². The molecule has 1 aromatic heterocycles.